The molecule has 32 heavy (non-hydrogen) atoms. The van der Waals surface area contributed by atoms with Gasteiger partial charge >= 0.3 is 0 Å². The van der Waals surface area contributed by atoms with Crippen molar-refractivity contribution in [3.8, 4) is 17.2 Å². The zero-order valence-corrected chi connectivity index (χ0v) is 20.3. The van der Waals surface area contributed by atoms with Gasteiger partial charge in [-0.15, -0.1) is 15.0 Å². The highest BCUT2D eigenvalue weighted by Gasteiger charge is 2.16. The van der Waals surface area contributed by atoms with Gasteiger partial charge in [0.2, 0.25) is 0 Å². The summed E-state index contributed by atoms with van der Waals surface area (Å²) < 4.78 is 6.08. The molecule has 3 aromatic rings. The third-order valence-electron chi connectivity index (χ3n) is 6.20. The van der Waals surface area contributed by atoms with Crippen molar-refractivity contribution < 1.29 is 9.84 Å². The van der Waals surface area contributed by atoms with Crippen LogP contribution in [-0.2, 0) is 6.54 Å². The maximum Gasteiger partial charge on any atom is 0.147 e. The van der Waals surface area contributed by atoms with Crippen LogP contribution in [0.3, 0.4) is 0 Å². The van der Waals surface area contributed by atoms with Crippen molar-refractivity contribution in [2.45, 2.75) is 66.8 Å². The van der Waals surface area contributed by atoms with E-state index in [9.17, 15) is 5.11 Å². The molecule has 0 aliphatic rings. The van der Waals surface area contributed by atoms with Crippen LogP contribution >= 0.6 is 0 Å². The van der Waals surface area contributed by atoms with Gasteiger partial charge in [0, 0.05) is 18.2 Å². The second-order valence-electron chi connectivity index (χ2n) is 8.62. The standard InChI is InChI=1S/C26H38N4O2/c1-6-10-11-20(7-2)18-32-22-12-13-23-24(16-22)28-30(27-23)25-15-19(5)14-21(26(25)31)17-29(8-3)9-4/h12-16,20,31H,6-11,17-18H2,1-5H3. The summed E-state index contributed by atoms with van der Waals surface area (Å²) in [6.07, 6.45) is 4.79. The Balaban J connectivity index is 1.83. The van der Waals surface area contributed by atoms with E-state index in [4.69, 9.17) is 4.74 Å². The molecule has 0 radical (unpaired) electrons. The Hall–Kier alpha value is -2.60. The molecular formula is C26H38N4O2. The molecule has 0 spiro atoms. The summed E-state index contributed by atoms with van der Waals surface area (Å²) in [6, 6.07) is 9.79. The SMILES string of the molecule is CCCCC(CC)COc1ccc2nn(-c3cc(C)cc(CN(CC)CC)c3O)nc2c1. The average Bonchev–Trinajstić information content (AvgIpc) is 3.22. The molecule has 1 atom stereocenters. The average molecular weight is 439 g/mol. The van der Waals surface area contributed by atoms with E-state index in [1.807, 2.05) is 37.3 Å². The van der Waals surface area contributed by atoms with Gasteiger partial charge in [-0.2, -0.15) is 0 Å². The number of benzene rings is 2. The van der Waals surface area contributed by atoms with E-state index in [1.165, 1.54) is 19.3 Å². The summed E-state index contributed by atoms with van der Waals surface area (Å²) in [5, 5.41) is 20.2. The first kappa shape index (κ1) is 24.1. The number of aryl methyl sites for hydroxylation is 1. The number of ether oxygens (including phenoxy) is 1. The van der Waals surface area contributed by atoms with Crippen LogP contribution in [0, 0.1) is 12.8 Å². The fourth-order valence-electron chi connectivity index (χ4n) is 4.00. The van der Waals surface area contributed by atoms with E-state index < -0.39 is 0 Å². The van der Waals surface area contributed by atoms with Crippen LogP contribution < -0.4 is 4.74 Å². The van der Waals surface area contributed by atoms with E-state index in [-0.39, 0.29) is 5.75 Å². The fraction of sp³-hybridized carbons (Fsp3) is 0.538. The molecule has 1 heterocycles. The highest BCUT2D eigenvalue weighted by atomic mass is 16.5. The van der Waals surface area contributed by atoms with E-state index in [1.54, 1.807) is 4.80 Å². The van der Waals surface area contributed by atoms with Crippen LogP contribution in [0.15, 0.2) is 30.3 Å². The molecule has 0 aliphatic heterocycles. The van der Waals surface area contributed by atoms with Crippen molar-refractivity contribution in [3.63, 3.8) is 0 Å². The first-order valence-corrected chi connectivity index (χ1v) is 12.0. The van der Waals surface area contributed by atoms with E-state index in [0.717, 1.165) is 54.0 Å². The zero-order chi connectivity index (χ0) is 23.1. The summed E-state index contributed by atoms with van der Waals surface area (Å²) in [7, 11) is 0. The van der Waals surface area contributed by atoms with Crippen LogP contribution in [0.1, 0.15) is 64.5 Å². The first-order valence-electron chi connectivity index (χ1n) is 12.0. The molecule has 1 aromatic heterocycles. The minimum absolute atomic E-state index is 0.237. The maximum absolute atomic E-state index is 11.0. The maximum atomic E-state index is 11.0. The minimum atomic E-state index is 0.237. The van der Waals surface area contributed by atoms with E-state index in [2.05, 4.69) is 42.8 Å². The predicted octanol–water partition coefficient (Wildman–Crippen LogP) is 5.87. The quantitative estimate of drug-likeness (QED) is 0.383. The zero-order valence-electron chi connectivity index (χ0n) is 20.3. The summed E-state index contributed by atoms with van der Waals surface area (Å²) in [6.45, 7) is 14.0. The lowest BCUT2D eigenvalue weighted by Crippen LogP contribution is -2.22. The highest BCUT2D eigenvalue weighted by molar-refractivity contribution is 5.76. The number of phenols is 1. The monoisotopic (exact) mass is 438 g/mol. The van der Waals surface area contributed by atoms with Gasteiger partial charge in [-0.05, 0) is 56.1 Å². The molecule has 0 saturated carbocycles. The molecule has 6 nitrogen and oxygen atoms in total. The fourth-order valence-corrected chi connectivity index (χ4v) is 4.00. The second-order valence-corrected chi connectivity index (χ2v) is 8.62. The van der Waals surface area contributed by atoms with Gasteiger partial charge in [0.05, 0.1) is 6.61 Å². The molecule has 0 fully saturated rings. The van der Waals surface area contributed by atoms with Crippen LogP contribution in [0.2, 0.25) is 0 Å². The third-order valence-corrected chi connectivity index (χ3v) is 6.20. The number of unbranched alkanes of at least 4 members (excludes halogenated alkanes) is 1. The molecule has 174 valence electrons. The number of hydrogen-bond donors (Lipinski definition) is 1. The molecule has 0 bridgehead atoms. The number of fused-ring (bicyclic) bond motifs is 1. The van der Waals surface area contributed by atoms with Crippen molar-refractivity contribution in [2.24, 2.45) is 5.92 Å². The minimum Gasteiger partial charge on any atom is -0.505 e. The number of aromatic nitrogens is 3. The Labute approximate surface area is 192 Å². The van der Waals surface area contributed by atoms with Crippen molar-refractivity contribution >= 4 is 11.0 Å². The number of rotatable bonds is 12. The first-order chi connectivity index (χ1) is 15.5. The molecule has 6 heteroatoms. The molecule has 1 unspecified atom stereocenters. The van der Waals surface area contributed by atoms with E-state index >= 15 is 0 Å². The normalized spacial score (nSPS) is 12.6. The van der Waals surface area contributed by atoms with Gasteiger partial charge in [-0.25, -0.2) is 0 Å². The Morgan fingerprint density at radius 2 is 1.78 bits per heavy atom. The lowest BCUT2D eigenvalue weighted by molar-refractivity contribution is 0.233. The molecule has 3 rings (SSSR count). The third kappa shape index (κ3) is 5.80. The van der Waals surface area contributed by atoms with Crippen molar-refractivity contribution in [1.29, 1.82) is 0 Å². The number of aromatic hydroxyl groups is 1. The summed E-state index contributed by atoms with van der Waals surface area (Å²) in [5.41, 5.74) is 4.11. The Morgan fingerprint density at radius 3 is 2.47 bits per heavy atom. The van der Waals surface area contributed by atoms with Crippen molar-refractivity contribution in [3.05, 3.63) is 41.5 Å². The highest BCUT2D eigenvalue weighted by Crippen LogP contribution is 2.29. The number of nitrogens with zero attached hydrogens (tertiary/aromatic N) is 4. The Bertz CT molecular complexity index is 1010. The topological polar surface area (TPSA) is 63.4 Å². The van der Waals surface area contributed by atoms with Gasteiger partial charge < -0.3 is 9.84 Å². The van der Waals surface area contributed by atoms with Gasteiger partial charge in [0.1, 0.15) is 28.2 Å². The molecule has 0 saturated heterocycles. The van der Waals surface area contributed by atoms with Gasteiger partial charge in [0.25, 0.3) is 0 Å². The smallest absolute Gasteiger partial charge is 0.147 e. The van der Waals surface area contributed by atoms with Gasteiger partial charge in [-0.3, -0.25) is 4.90 Å². The van der Waals surface area contributed by atoms with Gasteiger partial charge in [0.15, 0.2) is 0 Å². The van der Waals surface area contributed by atoms with E-state index in [0.29, 0.717) is 18.2 Å². The van der Waals surface area contributed by atoms with Gasteiger partial charge in [-0.1, -0.05) is 53.0 Å². The molecular weight excluding hydrogens is 400 g/mol. The predicted molar refractivity (Wildman–Crippen MR) is 131 cm³/mol. The molecule has 1 N–H and O–H groups in total. The summed E-state index contributed by atoms with van der Waals surface area (Å²) in [5.74, 6) is 1.63. The van der Waals surface area contributed by atoms with Crippen LogP contribution in [-0.4, -0.2) is 44.7 Å². The lowest BCUT2D eigenvalue weighted by atomic mass is 10.0. The van der Waals surface area contributed by atoms with Crippen LogP contribution in [0.25, 0.3) is 16.7 Å². The molecule has 0 amide bonds. The van der Waals surface area contributed by atoms with Crippen LogP contribution in [0.5, 0.6) is 11.5 Å². The van der Waals surface area contributed by atoms with Crippen molar-refractivity contribution in [2.75, 3.05) is 19.7 Å². The molecule has 0 aliphatic carbocycles. The number of phenolic OH excluding ortho intramolecular Hbond substituents is 1. The largest absolute Gasteiger partial charge is 0.505 e. The van der Waals surface area contributed by atoms with Crippen LogP contribution in [0.4, 0.5) is 0 Å². The second kappa shape index (κ2) is 11.3. The lowest BCUT2D eigenvalue weighted by Gasteiger charge is -2.20. The summed E-state index contributed by atoms with van der Waals surface area (Å²) >= 11 is 0. The Morgan fingerprint density at radius 1 is 1.03 bits per heavy atom. The molecule has 2 aromatic carbocycles. The summed E-state index contributed by atoms with van der Waals surface area (Å²) in [4.78, 5) is 3.82. The van der Waals surface area contributed by atoms with Crippen molar-refractivity contribution in [1.82, 2.24) is 19.9 Å². The number of hydrogen-bond acceptors (Lipinski definition) is 5. The Kier molecular flexibility index (Phi) is 8.51.